The summed E-state index contributed by atoms with van der Waals surface area (Å²) in [6.07, 6.45) is -5.55. The third-order valence-corrected chi connectivity index (χ3v) is 2.41. The molecule has 0 aromatic heterocycles. The van der Waals surface area contributed by atoms with E-state index in [0.29, 0.717) is 6.54 Å². The van der Waals surface area contributed by atoms with E-state index in [-0.39, 0.29) is 18.4 Å². The Hall–Kier alpha value is -1.96. The van der Waals surface area contributed by atoms with E-state index in [1.165, 1.54) is 24.3 Å². The van der Waals surface area contributed by atoms with Gasteiger partial charge in [0.25, 0.3) is 0 Å². The van der Waals surface area contributed by atoms with Crippen LogP contribution in [0.2, 0.25) is 0 Å². The summed E-state index contributed by atoms with van der Waals surface area (Å²) in [4.78, 5) is 10.3. The van der Waals surface area contributed by atoms with Gasteiger partial charge in [-0.1, -0.05) is 12.1 Å². The number of nitrogens with one attached hydrogen (secondary N) is 1. The van der Waals surface area contributed by atoms with Crippen molar-refractivity contribution in [2.45, 2.75) is 19.3 Å². The molecule has 1 unspecified atom stereocenters. The van der Waals surface area contributed by atoms with Gasteiger partial charge in [0, 0.05) is 12.6 Å². The Labute approximate surface area is 113 Å². The summed E-state index contributed by atoms with van der Waals surface area (Å²) in [6.45, 7) is 2.32. The monoisotopic (exact) mass is 292 g/mol. The first-order valence-electron chi connectivity index (χ1n) is 5.79. The average Bonchev–Trinajstić information content (AvgIpc) is 2.33. The number of benzene rings is 1. The van der Waals surface area contributed by atoms with Crippen molar-refractivity contribution >= 4 is 6.09 Å². The van der Waals surface area contributed by atoms with Gasteiger partial charge in [-0.15, -0.1) is 13.2 Å². The highest BCUT2D eigenvalue weighted by molar-refractivity contribution is 5.64. The number of hydrogen-bond acceptors (Lipinski definition) is 4. The standard InChI is InChI=1S/C12H15F3N2O3/c1-8(17-6-7-19-11(16)18)9-2-4-10(5-3-9)20-12(13,14)15/h2-5,8,17H,6-7H2,1H3,(H2,16,18). The number of halogens is 3. The molecule has 1 aromatic carbocycles. The van der Waals surface area contributed by atoms with E-state index in [9.17, 15) is 18.0 Å². The van der Waals surface area contributed by atoms with E-state index in [1.54, 1.807) is 0 Å². The SMILES string of the molecule is CC(NCCOC(N)=O)c1ccc(OC(F)(F)F)cc1. The number of alkyl halides is 3. The number of nitrogens with two attached hydrogens (primary N) is 1. The van der Waals surface area contributed by atoms with Gasteiger partial charge in [0.2, 0.25) is 0 Å². The van der Waals surface area contributed by atoms with Crippen LogP contribution in [0, 0.1) is 0 Å². The smallest absolute Gasteiger partial charge is 0.448 e. The molecule has 1 rings (SSSR count). The van der Waals surface area contributed by atoms with Crippen LogP contribution in [0.3, 0.4) is 0 Å². The van der Waals surface area contributed by atoms with Crippen LogP contribution in [0.15, 0.2) is 24.3 Å². The van der Waals surface area contributed by atoms with Crippen LogP contribution in [0.1, 0.15) is 18.5 Å². The van der Waals surface area contributed by atoms with E-state index >= 15 is 0 Å². The molecule has 0 radical (unpaired) electrons. The third-order valence-electron chi connectivity index (χ3n) is 2.41. The molecule has 8 heteroatoms. The zero-order valence-electron chi connectivity index (χ0n) is 10.7. The summed E-state index contributed by atoms with van der Waals surface area (Å²) in [5, 5.41) is 3.03. The molecular formula is C12H15F3N2O3. The van der Waals surface area contributed by atoms with Crippen molar-refractivity contribution in [3.63, 3.8) is 0 Å². The van der Waals surface area contributed by atoms with Gasteiger partial charge in [-0.25, -0.2) is 4.79 Å². The summed E-state index contributed by atoms with van der Waals surface area (Å²) in [5.41, 5.74) is 5.57. The van der Waals surface area contributed by atoms with Crippen LogP contribution in [0.25, 0.3) is 0 Å². The van der Waals surface area contributed by atoms with E-state index in [0.717, 1.165) is 5.56 Å². The highest BCUT2D eigenvalue weighted by Gasteiger charge is 2.30. The Balaban J connectivity index is 2.45. The number of rotatable bonds is 6. The topological polar surface area (TPSA) is 73.6 Å². The molecule has 0 spiro atoms. The second-order valence-electron chi connectivity index (χ2n) is 3.96. The molecule has 112 valence electrons. The van der Waals surface area contributed by atoms with Crippen molar-refractivity contribution in [3.8, 4) is 5.75 Å². The summed E-state index contributed by atoms with van der Waals surface area (Å²) in [7, 11) is 0. The number of amides is 1. The fraction of sp³-hybridized carbons (Fsp3) is 0.417. The summed E-state index contributed by atoms with van der Waals surface area (Å²) in [6, 6.07) is 5.40. The molecule has 0 aliphatic carbocycles. The van der Waals surface area contributed by atoms with Gasteiger partial charge < -0.3 is 20.5 Å². The van der Waals surface area contributed by atoms with Crippen molar-refractivity contribution in [1.29, 1.82) is 0 Å². The minimum absolute atomic E-state index is 0.119. The van der Waals surface area contributed by atoms with E-state index in [4.69, 9.17) is 5.73 Å². The number of ether oxygens (including phenoxy) is 2. The van der Waals surface area contributed by atoms with Crippen molar-refractivity contribution in [3.05, 3.63) is 29.8 Å². The first kappa shape index (κ1) is 16.1. The Morgan fingerprint density at radius 3 is 2.45 bits per heavy atom. The molecule has 0 saturated heterocycles. The minimum Gasteiger partial charge on any atom is -0.448 e. The van der Waals surface area contributed by atoms with Gasteiger partial charge >= 0.3 is 12.5 Å². The number of hydrogen-bond donors (Lipinski definition) is 2. The molecule has 0 aliphatic heterocycles. The maximum absolute atomic E-state index is 12.0. The largest absolute Gasteiger partial charge is 0.573 e. The van der Waals surface area contributed by atoms with E-state index < -0.39 is 12.5 Å². The maximum atomic E-state index is 12.0. The molecular weight excluding hydrogens is 277 g/mol. The second kappa shape index (κ2) is 6.99. The van der Waals surface area contributed by atoms with Crippen LogP contribution >= 0.6 is 0 Å². The molecule has 1 aromatic rings. The third kappa shape index (κ3) is 6.28. The molecule has 0 heterocycles. The molecule has 1 atom stereocenters. The predicted molar refractivity (Wildman–Crippen MR) is 65.1 cm³/mol. The highest BCUT2D eigenvalue weighted by atomic mass is 19.4. The number of carbonyl (C=O) groups is 1. The van der Waals surface area contributed by atoms with Gasteiger partial charge in [-0.05, 0) is 24.6 Å². The van der Waals surface area contributed by atoms with Crippen LogP contribution < -0.4 is 15.8 Å². The highest BCUT2D eigenvalue weighted by Crippen LogP contribution is 2.24. The van der Waals surface area contributed by atoms with Crippen molar-refractivity contribution < 1.29 is 27.4 Å². The predicted octanol–water partition coefficient (Wildman–Crippen LogP) is 2.33. The lowest BCUT2D eigenvalue weighted by Gasteiger charge is -2.15. The van der Waals surface area contributed by atoms with Crippen molar-refractivity contribution in [2.75, 3.05) is 13.2 Å². The van der Waals surface area contributed by atoms with Crippen LogP contribution in [-0.4, -0.2) is 25.6 Å². The van der Waals surface area contributed by atoms with Crippen LogP contribution in [-0.2, 0) is 4.74 Å². The Bertz CT molecular complexity index is 435. The quantitative estimate of drug-likeness (QED) is 0.789. The number of carbonyl (C=O) groups excluding carboxylic acids is 1. The lowest BCUT2D eigenvalue weighted by atomic mass is 10.1. The van der Waals surface area contributed by atoms with Gasteiger partial charge in [0.1, 0.15) is 12.4 Å². The summed E-state index contributed by atoms with van der Waals surface area (Å²) in [5.74, 6) is -0.273. The lowest BCUT2D eigenvalue weighted by Crippen LogP contribution is -2.26. The molecule has 0 aliphatic rings. The Kier molecular flexibility index (Phi) is 5.63. The lowest BCUT2D eigenvalue weighted by molar-refractivity contribution is -0.274. The molecule has 0 fully saturated rings. The first-order chi connectivity index (χ1) is 9.28. The molecule has 20 heavy (non-hydrogen) atoms. The first-order valence-corrected chi connectivity index (χ1v) is 5.79. The maximum Gasteiger partial charge on any atom is 0.573 e. The summed E-state index contributed by atoms with van der Waals surface area (Å²) < 4.78 is 44.3. The van der Waals surface area contributed by atoms with Crippen LogP contribution in [0.5, 0.6) is 5.75 Å². The van der Waals surface area contributed by atoms with Gasteiger partial charge in [-0.3, -0.25) is 0 Å². The van der Waals surface area contributed by atoms with E-state index in [1.807, 2.05) is 6.92 Å². The molecule has 0 saturated carbocycles. The molecule has 3 N–H and O–H groups in total. The number of primary amides is 1. The van der Waals surface area contributed by atoms with E-state index in [2.05, 4.69) is 14.8 Å². The zero-order valence-corrected chi connectivity index (χ0v) is 10.7. The second-order valence-corrected chi connectivity index (χ2v) is 3.96. The van der Waals surface area contributed by atoms with Gasteiger partial charge in [-0.2, -0.15) is 0 Å². The Morgan fingerprint density at radius 1 is 1.35 bits per heavy atom. The fourth-order valence-electron chi connectivity index (χ4n) is 1.50. The molecule has 5 nitrogen and oxygen atoms in total. The van der Waals surface area contributed by atoms with Gasteiger partial charge in [0.15, 0.2) is 0 Å². The average molecular weight is 292 g/mol. The summed E-state index contributed by atoms with van der Waals surface area (Å²) >= 11 is 0. The minimum atomic E-state index is -4.70. The zero-order chi connectivity index (χ0) is 15.2. The molecule has 1 amide bonds. The van der Waals surface area contributed by atoms with Crippen molar-refractivity contribution in [2.24, 2.45) is 5.73 Å². The normalized spacial score (nSPS) is 12.8. The molecule has 0 bridgehead atoms. The van der Waals surface area contributed by atoms with Crippen molar-refractivity contribution in [1.82, 2.24) is 5.32 Å². The van der Waals surface area contributed by atoms with Gasteiger partial charge in [0.05, 0.1) is 0 Å². The van der Waals surface area contributed by atoms with Crippen LogP contribution in [0.4, 0.5) is 18.0 Å². The fourth-order valence-corrected chi connectivity index (χ4v) is 1.50. The Morgan fingerprint density at radius 2 is 1.95 bits per heavy atom.